The van der Waals surface area contributed by atoms with Crippen LogP contribution in [0.4, 0.5) is 0 Å². The van der Waals surface area contributed by atoms with Crippen LogP contribution < -0.4 is 0 Å². The molecule has 1 aliphatic rings. The topological polar surface area (TPSA) is 31.9 Å². The first-order valence-electron chi connectivity index (χ1n) is 7.86. The van der Waals surface area contributed by atoms with Gasteiger partial charge in [0.1, 0.15) is 5.82 Å². The normalized spacial score (nSPS) is 17.5. The molecular weight excluding hydrogens is 338 g/mol. The molecule has 116 valence electrons. The summed E-state index contributed by atoms with van der Waals surface area (Å²) in [6, 6.07) is 8.60. The summed E-state index contributed by atoms with van der Waals surface area (Å²) in [5.74, 6) is 1.42. The van der Waals surface area contributed by atoms with Crippen molar-refractivity contribution in [3.8, 4) is 0 Å². The summed E-state index contributed by atoms with van der Waals surface area (Å²) in [4.78, 5) is 10.4. The molecule has 0 saturated carbocycles. The van der Waals surface area contributed by atoms with Crippen LogP contribution >= 0.6 is 15.9 Å². The van der Waals surface area contributed by atoms with Gasteiger partial charge in [0.05, 0.1) is 6.54 Å². The summed E-state index contributed by atoms with van der Waals surface area (Å²) in [6.07, 6.45) is 6.43. The molecule has 1 unspecified atom stereocenters. The SMILES string of the molecule is CCCN(C)Cc1ncc(C2CC=C(Br)c3ccccc32)[nH]1. The molecule has 1 aliphatic carbocycles. The van der Waals surface area contributed by atoms with Crippen molar-refractivity contribution >= 4 is 20.4 Å². The minimum atomic E-state index is 0.371. The van der Waals surface area contributed by atoms with Gasteiger partial charge in [-0.25, -0.2) is 4.98 Å². The molecule has 0 radical (unpaired) electrons. The maximum Gasteiger partial charge on any atom is 0.120 e. The van der Waals surface area contributed by atoms with E-state index in [1.54, 1.807) is 0 Å². The first-order chi connectivity index (χ1) is 10.7. The van der Waals surface area contributed by atoms with E-state index < -0.39 is 0 Å². The zero-order valence-electron chi connectivity index (χ0n) is 13.1. The average molecular weight is 360 g/mol. The van der Waals surface area contributed by atoms with Gasteiger partial charge in [0, 0.05) is 22.3 Å². The van der Waals surface area contributed by atoms with Crippen LogP contribution in [-0.4, -0.2) is 28.5 Å². The van der Waals surface area contributed by atoms with Gasteiger partial charge in [0.15, 0.2) is 0 Å². The van der Waals surface area contributed by atoms with Gasteiger partial charge in [0.2, 0.25) is 0 Å². The molecule has 0 bridgehead atoms. The lowest BCUT2D eigenvalue weighted by Gasteiger charge is -2.22. The summed E-state index contributed by atoms with van der Waals surface area (Å²) >= 11 is 3.67. The van der Waals surface area contributed by atoms with Crippen LogP contribution in [0.25, 0.3) is 4.48 Å². The number of halogens is 1. The Hall–Kier alpha value is -1.39. The second kappa shape index (κ2) is 6.80. The van der Waals surface area contributed by atoms with Gasteiger partial charge in [-0.1, -0.05) is 53.2 Å². The number of nitrogens with one attached hydrogen (secondary N) is 1. The summed E-state index contributed by atoms with van der Waals surface area (Å²) in [6.45, 7) is 4.17. The number of rotatable bonds is 5. The molecule has 1 aromatic heterocycles. The number of hydrogen-bond acceptors (Lipinski definition) is 2. The van der Waals surface area contributed by atoms with Crippen molar-refractivity contribution in [3.05, 3.63) is 59.2 Å². The molecule has 4 heteroatoms. The first-order valence-corrected chi connectivity index (χ1v) is 8.65. The second-order valence-electron chi connectivity index (χ2n) is 5.95. The van der Waals surface area contributed by atoms with E-state index >= 15 is 0 Å². The Bertz CT molecular complexity index is 674. The fourth-order valence-electron chi connectivity index (χ4n) is 3.12. The molecule has 0 aliphatic heterocycles. The summed E-state index contributed by atoms with van der Waals surface area (Å²) in [7, 11) is 2.14. The Morgan fingerprint density at radius 3 is 3.00 bits per heavy atom. The van der Waals surface area contributed by atoms with Crippen molar-refractivity contribution in [1.82, 2.24) is 14.9 Å². The van der Waals surface area contributed by atoms with Gasteiger partial charge in [-0.2, -0.15) is 0 Å². The van der Waals surface area contributed by atoms with Crippen molar-refractivity contribution < 1.29 is 0 Å². The van der Waals surface area contributed by atoms with Crippen LogP contribution in [0, 0.1) is 0 Å². The molecule has 0 spiro atoms. The number of imidazole rings is 1. The maximum absolute atomic E-state index is 4.58. The van der Waals surface area contributed by atoms with Crippen molar-refractivity contribution in [3.63, 3.8) is 0 Å². The number of nitrogens with zero attached hydrogens (tertiary/aromatic N) is 2. The third kappa shape index (κ3) is 3.18. The zero-order valence-corrected chi connectivity index (χ0v) is 14.7. The molecule has 2 aromatic rings. The van der Waals surface area contributed by atoms with Gasteiger partial charge < -0.3 is 4.98 Å². The number of aromatic nitrogens is 2. The van der Waals surface area contributed by atoms with E-state index in [0.29, 0.717) is 5.92 Å². The van der Waals surface area contributed by atoms with Crippen molar-refractivity contribution in [1.29, 1.82) is 0 Å². The van der Waals surface area contributed by atoms with Gasteiger partial charge in [-0.3, -0.25) is 4.90 Å². The standard InChI is InChI=1S/C18H22BrN3/c1-3-10-22(2)12-18-20-11-17(21-18)15-8-9-16(19)14-7-5-4-6-13(14)15/h4-7,9,11,15H,3,8,10,12H2,1-2H3,(H,20,21). The van der Waals surface area contributed by atoms with Crippen molar-refractivity contribution in [2.24, 2.45) is 0 Å². The molecular formula is C18H22BrN3. The largest absolute Gasteiger partial charge is 0.344 e. The third-order valence-electron chi connectivity index (χ3n) is 4.17. The zero-order chi connectivity index (χ0) is 15.5. The molecule has 1 aromatic carbocycles. The summed E-state index contributed by atoms with van der Waals surface area (Å²) < 4.78 is 1.20. The van der Waals surface area contributed by atoms with E-state index in [-0.39, 0.29) is 0 Å². The molecule has 22 heavy (non-hydrogen) atoms. The highest BCUT2D eigenvalue weighted by Gasteiger charge is 2.23. The van der Waals surface area contributed by atoms with Gasteiger partial charge in [-0.05, 0) is 37.6 Å². The van der Waals surface area contributed by atoms with Crippen LogP contribution in [0.5, 0.6) is 0 Å². The first kappa shape index (κ1) is 15.5. The minimum Gasteiger partial charge on any atom is -0.344 e. The lowest BCUT2D eigenvalue weighted by molar-refractivity contribution is 0.320. The molecule has 1 heterocycles. The van der Waals surface area contributed by atoms with Crippen LogP contribution in [-0.2, 0) is 6.54 Å². The predicted octanol–water partition coefficient (Wildman–Crippen LogP) is 4.52. The number of benzene rings is 1. The van der Waals surface area contributed by atoms with Crippen LogP contribution in [0.1, 0.15) is 48.3 Å². The third-order valence-corrected chi connectivity index (χ3v) is 4.93. The Balaban J connectivity index is 1.82. The fraction of sp³-hybridized carbons (Fsp3) is 0.389. The van der Waals surface area contributed by atoms with Gasteiger partial charge in [0.25, 0.3) is 0 Å². The molecule has 0 fully saturated rings. The average Bonchev–Trinajstić information content (AvgIpc) is 2.96. The quantitative estimate of drug-likeness (QED) is 0.850. The van der Waals surface area contributed by atoms with E-state index in [1.165, 1.54) is 27.7 Å². The number of hydrogen-bond donors (Lipinski definition) is 1. The number of allylic oxidation sites excluding steroid dienone is 1. The molecule has 3 rings (SSSR count). The highest BCUT2D eigenvalue weighted by atomic mass is 79.9. The van der Waals surface area contributed by atoms with Crippen LogP contribution in [0.15, 0.2) is 36.5 Å². The number of fused-ring (bicyclic) bond motifs is 1. The smallest absolute Gasteiger partial charge is 0.120 e. The number of H-pyrrole nitrogens is 1. The van der Waals surface area contributed by atoms with Crippen molar-refractivity contribution in [2.75, 3.05) is 13.6 Å². The highest BCUT2D eigenvalue weighted by molar-refractivity contribution is 9.15. The lowest BCUT2D eigenvalue weighted by atomic mass is 9.85. The monoisotopic (exact) mass is 359 g/mol. The lowest BCUT2D eigenvalue weighted by Crippen LogP contribution is -2.19. The Morgan fingerprint density at radius 2 is 2.18 bits per heavy atom. The van der Waals surface area contributed by atoms with Crippen molar-refractivity contribution in [2.45, 2.75) is 32.2 Å². The Morgan fingerprint density at radius 1 is 1.36 bits per heavy atom. The maximum atomic E-state index is 4.58. The molecule has 1 N–H and O–H groups in total. The molecule has 1 atom stereocenters. The van der Waals surface area contributed by atoms with Gasteiger partial charge in [-0.15, -0.1) is 0 Å². The molecule has 0 saturated heterocycles. The predicted molar refractivity (Wildman–Crippen MR) is 95.0 cm³/mol. The van der Waals surface area contributed by atoms with E-state index in [9.17, 15) is 0 Å². The number of aromatic amines is 1. The minimum absolute atomic E-state index is 0.371. The Labute approximate surface area is 140 Å². The van der Waals surface area contributed by atoms with Gasteiger partial charge >= 0.3 is 0 Å². The summed E-state index contributed by atoms with van der Waals surface area (Å²) in [5.41, 5.74) is 3.87. The van der Waals surface area contributed by atoms with E-state index in [2.05, 4.69) is 75.1 Å². The molecule has 3 nitrogen and oxygen atoms in total. The van der Waals surface area contributed by atoms with E-state index in [1.807, 2.05) is 6.20 Å². The van der Waals surface area contributed by atoms with E-state index in [4.69, 9.17) is 0 Å². The summed E-state index contributed by atoms with van der Waals surface area (Å²) in [5, 5.41) is 0. The molecule has 0 amide bonds. The van der Waals surface area contributed by atoms with Crippen LogP contribution in [0.3, 0.4) is 0 Å². The second-order valence-corrected chi connectivity index (χ2v) is 6.80. The van der Waals surface area contributed by atoms with Crippen LogP contribution in [0.2, 0.25) is 0 Å². The fourth-order valence-corrected chi connectivity index (χ4v) is 3.67. The highest BCUT2D eigenvalue weighted by Crippen LogP contribution is 2.40. The van der Waals surface area contributed by atoms with E-state index in [0.717, 1.165) is 25.3 Å². The Kier molecular flexibility index (Phi) is 4.79.